The fourth-order valence-corrected chi connectivity index (χ4v) is 1.11. The number of urea groups is 1. The summed E-state index contributed by atoms with van der Waals surface area (Å²) in [7, 11) is 0. The van der Waals surface area contributed by atoms with E-state index in [1.807, 2.05) is 0 Å². The highest BCUT2D eigenvalue weighted by Gasteiger charge is 2.32. The zero-order valence-electron chi connectivity index (χ0n) is 9.25. The number of rotatable bonds is 4. The van der Waals surface area contributed by atoms with Crippen molar-refractivity contribution in [3.63, 3.8) is 0 Å². The minimum atomic E-state index is -4.81. The summed E-state index contributed by atoms with van der Waals surface area (Å²) < 4.78 is 40.1. The van der Waals surface area contributed by atoms with Crippen LogP contribution in [-0.2, 0) is 0 Å². The quantitative estimate of drug-likeness (QED) is 0.818. The molecule has 0 saturated heterocycles. The van der Waals surface area contributed by atoms with Crippen LogP contribution in [0.15, 0.2) is 36.9 Å². The van der Waals surface area contributed by atoms with E-state index in [0.29, 0.717) is 0 Å². The third-order valence-corrected chi connectivity index (χ3v) is 1.77. The van der Waals surface area contributed by atoms with Gasteiger partial charge in [-0.25, -0.2) is 4.79 Å². The standard InChI is InChI=1S/C11H11F3N2O2/c1-2-7-15-10(17)16-8-5-3-4-6-9(8)18-11(12,13)14/h2-6H,1,7H2,(H2,15,16,17). The van der Waals surface area contributed by atoms with Crippen molar-refractivity contribution in [1.82, 2.24) is 5.32 Å². The summed E-state index contributed by atoms with van der Waals surface area (Å²) in [6, 6.07) is 4.61. The average molecular weight is 260 g/mol. The normalized spacial score (nSPS) is 10.6. The number of halogens is 3. The van der Waals surface area contributed by atoms with Crippen molar-refractivity contribution < 1.29 is 22.7 Å². The molecule has 0 heterocycles. The Kier molecular flexibility index (Phi) is 4.59. The lowest BCUT2D eigenvalue weighted by atomic mass is 10.3. The minimum Gasteiger partial charge on any atom is -0.404 e. The Morgan fingerprint density at radius 3 is 2.67 bits per heavy atom. The lowest BCUT2D eigenvalue weighted by Gasteiger charge is -2.13. The predicted octanol–water partition coefficient (Wildman–Crippen LogP) is 2.89. The zero-order valence-corrected chi connectivity index (χ0v) is 9.25. The molecule has 0 unspecified atom stereocenters. The van der Waals surface area contributed by atoms with Crippen molar-refractivity contribution >= 4 is 11.7 Å². The van der Waals surface area contributed by atoms with Crippen molar-refractivity contribution in [2.75, 3.05) is 11.9 Å². The molecule has 2 amide bonds. The Labute approximate surface area is 101 Å². The van der Waals surface area contributed by atoms with E-state index >= 15 is 0 Å². The van der Waals surface area contributed by atoms with Crippen molar-refractivity contribution in [3.05, 3.63) is 36.9 Å². The molecule has 18 heavy (non-hydrogen) atoms. The van der Waals surface area contributed by atoms with Crippen molar-refractivity contribution in [2.45, 2.75) is 6.36 Å². The van der Waals surface area contributed by atoms with Crippen LogP contribution in [0.25, 0.3) is 0 Å². The Morgan fingerprint density at radius 2 is 2.06 bits per heavy atom. The number of amides is 2. The molecule has 0 atom stereocenters. The van der Waals surface area contributed by atoms with Crippen molar-refractivity contribution in [3.8, 4) is 5.75 Å². The number of carbonyl (C=O) groups is 1. The molecule has 0 aliphatic rings. The van der Waals surface area contributed by atoms with Crippen LogP contribution in [0.4, 0.5) is 23.7 Å². The van der Waals surface area contributed by atoms with Crippen LogP contribution in [0.5, 0.6) is 5.75 Å². The molecule has 0 aliphatic carbocycles. The first kappa shape index (κ1) is 13.9. The second-order valence-electron chi connectivity index (χ2n) is 3.17. The van der Waals surface area contributed by atoms with Gasteiger partial charge in [-0.15, -0.1) is 19.8 Å². The number of para-hydroxylation sites is 2. The smallest absolute Gasteiger partial charge is 0.404 e. The SMILES string of the molecule is C=CCNC(=O)Nc1ccccc1OC(F)(F)F. The van der Waals surface area contributed by atoms with Gasteiger partial charge in [-0.2, -0.15) is 0 Å². The van der Waals surface area contributed by atoms with Gasteiger partial charge in [0.1, 0.15) is 0 Å². The molecule has 4 nitrogen and oxygen atoms in total. The number of nitrogens with one attached hydrogen (secondary N) is 2. The number of hydrogen-bond acceptors (Lipinski definition) is 2. The molecular formula is C11H11F3N2O2. The van der Waals surface area contributed by atoms with Gasteiger partial charge in [-0.3, -0.25) is 0 Å². The monoisotopic (exact) mass is 260 g/mol. The van der Waals surface area contributed by atoms with Crippen LogP contribution in [0.3, 0.4) is 0 Å². The summed E-state index contributed by atoms with van der Waals surface area (Å²) >= 11 is 0. The van der Waals surface area contributed by atoms with Gasteiger partial charge in [0.25, 0.3) is 0 Å². The number of alkyl halides is 3. The highest BCUT2D eigenvalue weighted by Crippen LogP contribution is 2.29. The molecule has 7 heteroatoms. The summed E-state index contributed by atoms with van der Waals surface area (Å²) in [5, 5.41) is 4.61. The summed E-state index contributed by atoms with van der Waals surface area (Å²) in [6.07, 6.45) is -3.37. The maximum atomic E-state index is 12.1. The van der Waals surface area contributed by atoms with E-state index in [4.69, 9.17) is 0 Å². The second-order valence-corrected chi connectivity index (χ2v) is 3.17. The molecule has 1 aromatic rings. The first-order chi connectivity index (χ1) is 8.42. The fraction of sp³-hybridized carbons (Fsp3) is 0.182. The van der Waals surface area contributed by atoms with Crippen LogP contribution >= 0.6 is 0 Å². The molecule has 0 saturated carbocycles. The van der Waals surface area contributed by atoms with Gasteiger partial charge in [-0.1, -0.05) is 18.2 Å². The molecule has 0 aliphatic heterocycles. The van der Waals surface area contributed by atoms with Gasteiger partial charge in [-0.05, 0) is 12.1 Å². The molecule has 98 valence electrons. The fourth-order valence-electron chi connectivity index (χ4n) is 1.11. The van der Waals surface area contributed by atoms with Crippen LogP contribution in [0.2, 0.25) is 0 Å². The zero-order chi connectivity index (χ0) is 13.6. The van der Waals surface area contributed by atoms with Gasteiger partial charge in [0.2, 0.25) is 0 Å². The summed E-state index contributed by atoms with van der Waals surface area (Å²) in [4.78, 5) is 11.3. The number of ether oxygens (including phenoxy) is 1. The van der Waals surface area contributed by atoms with Gasteiger partial charge >= 0.3 is 12.4 Å². The van der Waals surface area contributed by atoms with Gasteiger partial charge in [0.05, 0.1) is 5.69 Å². The third-order valence-electron chi connectivity index (χ3n) is 1.77. The molecule has 2 N–H and O–H groups in total. The molecule has 0 aromatic heterocycles. The third kappa shape index (κ3) is 4.77. The molecule has 1 aromatic carbocycles. The van der Waals surface area contributed by atoms with E-state index in [1.54, 1.807) is 0 Å². The Bertz CT molecular complexity index is 433. The van der Waals surface area contributed by atoms with Gasteiger partial charge < -0.3 is 15.4 Å². The molecule has 0 fully saturated rings. The summed E-state index contributed by atoms with van der Waals surface area (Å²) in [5.74, 6) is -0.473. The lowest BCUT2D eigenvalue weighted by Crippen LogP contribution is -2.29. The van der Waals surface area contributed by atoms with Crippen molar-refractivity contribution in [1.29, 1.82) is 0 Å². The van der Waals surface area contributed by atoms with Crippen LogP contribution in [-0.4, -0.2) is 18.9 Å². The summed E-state index contributed by atoms with van der Waals surface area (Å²) in [6.45, 7) is 3.59. The van der Waals surface area contributed by atoms with Crippen LogP contribution in [0, 0.1) is 0 Å². The van der Waals surface area contributed by atoms with E-state index in [-0.39, 0.29) is 12.2 Å². The van der Waals surface area contributed by atoms with Crippen LogP contribution < -0.4 is 15.4 Å². The number of carbonyl (C=O) groups excluding carboxylic acids is 1. The predicted molar refractivity (Wildman–Crippen MR) is 60.3 cm³/mol. The highest BCUT2D eigenvalue weighted by molar-refractivity contribution is 5.90. The molecule has 0 spiro atoms. The largest absolute Gasteiger partial charge is 0.573 e. The Morgan fingerprint density at radius 1 is 1.39 bits per heavy atom. The number of benzene rings is 1. The van der Waals surface area contributed by atoms with E-state index < -0.39 is 18.1 Å². The molecule has 1 rings (SSSR count). The van der Waals surface area contributed by atoms with Gasteiger partial charge in [0, 0.05) is 6.54 Å². The second kappa shape index (κ2) is 5.95. The number of hydrogen-bond donors (Lipinski definition) is 2. The summed E-state index contributed by atoms with van der Waals surface area (Å²) in [5.41, 5.74) is -0.0728. The van der Waals surface area contributed by atoms with E-state index in [1.165, 1.54) is 24.3 Å². The lowest BCUT2D eigenvalue weighted by molar-refractivity contribution is -0.274. The van der Waals surface area contributed by atoms with E-state index in [0.717, 1.165) is 6.07 Å². The Balaban J connectivity index is 2.76. The molecule has 0 radical (unpaired) electrons. The van der Waals surface area contributed by atoms with Crippen molar-refractivity contribution in [2.24, 2.45) is 0 Å². The molecular weight excluding hydrogens is 249 g/mol. The number of anilines is 1. The first-order valence-electron chi connectivity index (χ1n) is 4.93. The van der Waals surface area contributed by atoms with E-state index in [9.17, 15) is 18.0 Å². The Hall–Kier alpha value is -2.18. The van der Waals surface area contributed by atoms with E-state index in [2.05, 4.69) is 21.9 Å². The first-order valence-corrected chi connectivity index (χ1v) is 4.93. The van der Waals surface area contributed by atoms with Gasteiger partial charge in [0.15, 0.2) is 5.75 Å². The molecule has 0 bridgehead atoms. The minimum absolute atomic E-state index is 0.0728. The average Bonchev–Trinajstić information content (AvgIpc) is 2.27. The topological polar surface area (TPSA) is 50.4 Å². The maximum Gasteiger partial charge on any atom is 0.573 e. The maximum absolute atomic E-state index is 12.1. The highest BCUT2D eigenvalue weighted by atomic mass is 19.4. The van der Waals surface area contributed by atoms with Crippen LogP contribution in [0.1, 0.15) is 0 Å².